The molecule has 2 rings (SSSR count). The number of methoxy groups -OCH3 is 1. The third-order valence-corrected chi connectivity index (χ3v) is 3.84. The second-order valence-electron chi connectivity index (χ2n) is 5.10. The highest BCUT2D eigenvalue weighted by atomic mass is 16.5. The van der Waals surface area contributed by atoms with E-state index in [2.05, 4.69) is 5.32 Å². The number of amides is 1. The number of carbonyl (C=O) groups excluding carboxylic acids is 1. The van der Waals surface area contributed by atoms with Gasteiger partial charge in [0.15, 0.2) is 0 Å². The predicted molar refractivity (Wildman–Crippen MR) is 75.0 cm³/mol. The van der Waals surface area contributed by atoms with Crippen molar-refractivity contribution >= 4 is 5.91 Å². The molecule has 1 aromatic carbocycles. The Kier molecular flexibility index (Phi) is 4.43. The van der Waals surface area contributed by atoms with Crippen LogP contribution >= 0.6 is 0 Å². The first-order valence-corrected chi connectivity index (χ1v) is 6.86. The summed E-state index contributed by atoms with van der Waals surface area (Å²) in [6.45, 7) is 0.558. The van der Waals surface area contributed by atoms with E-state index in [4.69, 9.17) is 10.5 Å². The van der Waals surface area contributed by atoms with Crippen molar-refractivity contribution in [1.29, 1.82) is 0 Å². The molecule has 0 radical (unpaired) electrons. The summed E-state index contributed by atoms with van der Waals surface area (Å²) in [5.74, 6) is 0.939. The van der Waals surface area contributed by atoms with Gasteiger partial charge in [-0.2, -0.15) is 0 Å². The molecule has 0 saturated heterocycles. The summed E-state index contributed by atoms with van der Waals surface area (Å²) < 4.78 is 5.17. The standard InChI is InChI=1S/C15H22N2O2/c1-19-13-7-5-12(6-8-13)15(9-3-10-15)17-14(18)4-2-11-16/h5-8H,2-4,9-11,16H2,1H3,(H,17,18). The molecule has 19 heavy (non-hydrogen) atoms. The first-order chi connectivity index (χ1) is 9.20. The number of nitrogens with one attached hydrogen (secondary N) is 1. The minimum atomic E-state index is -0.169. The lowest BCUT2D eigenvalue weighted by Gasteiger charge is -2.43. The largest absolute Gasteiger partial charge is 0.497 e. The minimum absolute atomic E-state index is 0.0981. The molecule has 0 atom stereocenters. The van der Waals surface area contributed by atoms with E-state index in [0.29, 0.717) is 13.0 Å². The number of hydrogen-bond donors (Lipinski definition) is 2. The lowest BCUT2D eigenvalue weighted by molar-refractivity contribution is -0.124. The molecule has 1 aliphatic rings. The Balaban J connectivity index is 2.06. The van der Waals surface area contributed by atoms with Crippen molar-refractivity contribution in [2.24, 2.45) is 5.73 Å². The van der Waals surface area contributed by atoms with Gasteiger partial charge in [-0.25, -0.2) is 0 Å². The van der Waals surface area contributed by atoms with Gasteiger partial charge in [0.1, 0.15) is 5.75 Å². The molecule has 3 N–H and O–H groups in total. The summed E-state index contributed by atoms with van der Waals surface area (Å²) in [4.78, 5) is 11.9. The molecule has 4 nitrogen and oxygen atoms in total. The molecule has 0 unspecified atom stereocenters. The van der Waals surface area contributed by atoms with Crippen LogP contribution in [0.2, 0.25) is 0 Å². The van der Waals surface area contributed by atoms with Crippen LogP contribution in [-0.4, -0.2) is 19.6 Å². The fourth-order valence-corrected chi connectivity index (χ4v) is 2.52. The fraction of sp³-hybridized carbons (Fsp3) is 0.533. The minimum Gasteiger partial charge on any atom is -0.497 e. The summed E-state index contributed by atoms with van der Waals surface area (Å²) in [5.41, 5.74) is 6.43. The Hall–Kier alpha value is -1.55. The van der Waals surface area contributed by atoms with Crippen LogP contribution in [0.4, 0.5) is 0 Å². The van der Waals surface area contributed by atoms with E-state index < -0.39 is 0 Å². The van der Waals surface area contributed by atoms with Crippen LogP contribution < -0.4 is 15.8 Å². The van der Waals surface area contributed by atoms with Crippen molar-refractivity contribution in [2.75, 3.05) is 13.7 Å². The first kappa shape index (κ1) is 13.9. The van der Waals surface area contributed by atoms with E-state index in [1.165, 1.54) is 5.56 Å². The van der Waals surface area contributed by atoms with Gasteiger partial charge in [-0.15, -0.1) is 0 Å². The second-order valence-corrected chi connectivity index (χ2v) is 5.10. The van der Waals surface area contributed by atoms with Gasteiger partial charge in [0.2, 0.25) is 5.91 Å². The zero-order chi connectivity index (χ0) is 13.7. The number of ether oxygens (including phenoxy) is 1. The van der Waals surface area contributed by atoms with Gasteiger partial charge >= 0.3 is 0 Å². The van der Waals surface area contributed by atoms with Gasteiger partial charge < -0.3 is 15.8 Å². The number of hydrogen-bond acceptors (Lipinski definition) is 3. The van der Waals surface area contributed by atoms with Crippen LogP contribution in [0.3, 0.4) is 0 Å². The molecule has 1 aliphatic carbocycles. The molecular weight excluding hydrogens is 240 g/mol. The molecule has 0 bridgehead atoms. The number of rotatable bonds is 6. The van der Waals surface area contributed by atoms with E-state index in [1.54, 1.807) is 7.11 Å². The maximum absolute atomic E-state index is 11.9. The summed E-state index contributed by atoms with van der Waals surface area (Å²) in [6.07, 6.45) is 4.42. The summed E-state index contributed by atoms with van der Waals surface area (Å²) >= 11 is 0. The van der Waals surface area contributed by atoms with Gasteiger partial charge in [-0.3, -0.25) is 4.79 Å². The zero-order valence-electron chi connectivity index (χ0n) is 11.4. The Labute approximate surface area is 114 Å². The normalized spacial score (nSPS) is 16.5. The lowest BCUT2D eigenvalue weighted by atomic mass is 9.71. The highest BCUT2D eigenvalue weighted by Crippen LogP contribution is 2.41. The highest BCUT2D eigenvalue weighted by molar-refractivity contribution is 5.77. The molecule has 0 aliphatic heterocycles. The van der Waals surface area contributed by atoms with Crippen LogP contribution in [0.1, 0.15) is 37.7 Å². The van der Waals surface area contributed by atoms with E-state index in [1.807, 2.05) is 24.3 Å². The lowest BCUT2D eigenvalue weighted by Crippen LogP contribution is -2.50. The molecular formula is C15H22N2O2. The number of nitrogens with two attached hydrogens (primary N) is 1. The fourth-order valence-electron chi connectivity index (χ4n) is 2.52. The maximum Gasteiger partial charge on any atom is 0.220 e. The van der Waals surface area contributed by atoms with Crippen LogP contribution in [0, 0.1) is 0 Å². The van der Waals surface area contributed by atoms with Crippen molar-refractivity contribution in [3.05, 3.63) is 29.8 Å². The Bertz CT molecular complexity index is 424. The average Bonchev–Trinajstić information content (AvgIpc) is 2.41. The Morgan fingerprint density at radius 3 is 2.53 bits per heavy atom. The van der Waals surface area contributed by atoms with Gasteiger partial charge in [-0.1, -0.05) is 12.1 Å². The molecule has 0 spiro atoms. The predicted octanol–water partition coefficient (Wildman–Crippen LogP) is 1.93. The summed E-state index contributed by atoms with van der Waals surface area (Å²) in [6, 6.07) is 7.98. The van der Waals surface area contributed by atoms with Crippen molar-refractivity contribution in [2.45, 2.75) is 37.6 Å². The highest BCUT2D eigenvalue weighted by Gasteiger charge is 2.39. The summed E-state index contributed by atoms with van der Waals surface area (Å²) in [7, 11) is 1.66. The SMILES string of the molecule is COc1ccc(C2(NC(=O)CCCN)CCC2)cc1. The maximum atomic E-state index is 11.9. The van der Waals surface area contributed by atoms with Gasteiger partial charge in [0, 0.05) is 6.42 Å². The molecule has 1 amide bonds. The van der Waals surface area contributed by atoms with Crippen LogP contribution in [-0.2, 0) is 10.3 Å². The monoisotopic (exact) mass is 262 g/mol. The van der Waals surface area contributed by atoms with Crippen molar-refractivity contribution in [1.82, 2.24) is 5.32 Å². The quantitative estimate of drug-likeness (QED) is 0.823. The zero-order valence-corrected chi connectivity index (χ0v) is 11.4. The third-order valence-electron chi connectivity index (χ3n) is 3.84. The molecule has 1 aromatic rings. The van der Waals surface area contributed by atoms with Crippen molar-refractivity contribution in [3.8, 4) is 5.75 Å². The van der Waals surface area contributed by atoms with Crippen LogP contribution in [0.25, 0.3) is 0 Å². The Morgan fingerprint density at radius 1 is 1.37 bits per heavy atom. The smallest absolute Gasteiger partial charge is 0.220 e. The van der Waals surface area contributed by atoms with Gasteiger partial charge in [0.05, 0.1) is 12.6 Å². The second kappa shape index (κ2) is 6.06. The van der Waals surface area contributed by atoms with E-state index in [9.17, 15) is 4.79 Å². The molecule has 0 heterocycles. The van der Waals surface area contributed by atoms with Gasteiger partial charge in [0.25, 0.3) is 0 Å². The molecule has 4 heteroatoms. The van der Waals surface area contributed by atoms with E-state index >= 15 is 0 Å². The van der Waals surface area contributed by atoms with E-state index in [-0.39, 0.29) is 11.4 Å². The van der Waals surface area contributed by atoms with Crippen LogP contribution in [0.15, 0.2) is 24.3 Å². The van der Waals surface area contributed by atoms with Crippen LogP contribution in [0.5, 0.6) is 5.75 Å². The first-order valence-electron chi connectivity index (χ1n) is 6.86. The molecule has 0 aromatic heterocycles. The molecule has 1 fully saturated rings. The van der Waals surface area contributed by atoms with Crippen molar-refractivity contribution in [3.63, 3.8) is 0 Å². The Morgan fingerprint density at radius 2 is 2.05 bits per heavy atom. The number of benzene rings is 1. The van der Waals surface area contributed by atoms with Crippen molar-refractivity contribution < 1.29 is 9.53 Å². The van der Waals surface area contributed by atoms with E-state index in [0.717, 1.165) is 31.4 Å². The summed E-state index contributed by atoms with van der Waals surface area (Å²) in [5, 5.41) is 3.18. The van der Waals surface area contributed by atoms with Gasteiger partial charge in [-0.05, 0) is 49.9 Å². The molecule has 104 valence electrons. The topological polar surface area (TPSA) is 64.3 Å². The number of carbonyl (C=O) groups is 1. The average molecular weight is 262 g/mol. The molecule has 1 saturated carbocycles. The third kappa shape index (κ3) is 3.07.